The van der Waals surface area contributed by atoms with Crippen LogP contribution in [0.25, 0.3) is 22.3 Å². The molecule has 5 rings (SSSR count). The number of benzene rings is 5. The quantitative estimate of drug-likeness (QED) is 0.114. The van der Waals surface area contributed by atoms with Crippen molar-refractivity contribution in [2.45, 2.75) is 7.43 Å². The van der Waals surface area contributed by atoms with Gasteiger partial charge in [0.2, 0.25) is 0 Å². The van der Waals surface area contributed by atoms with Gasteiger partial charge in [0, 0.05) is 23.3 Å². The topological polar surface area (TPSA) is 40.5 Å². The van der Waals surface area contributed by atoms with E-state index in [4.69, 9.17) is 10.0 Å². The van der Waals surface area contributed by atoms with Crippen molar-refractivity contribution in [3.8, 4) is 22.3 Å². The van der Waals surface area contributed by atoms with E-state index in [9.17, 15) is 17.6 Å². The number of rotatable bonds is 3. The number of hydrogen-bond acceptors (Lipinski definition) is 2. The summed E-state index contributed by atoms with van der Waals surface area (Å²) in [5.41, 5.74) is 2.82. The van der Waals surface area contributed by atoms with Crippen LogP contribution in [0.3, 0.4) is 0 Å². The molecule has 0 amide bonds. The van der Waals surface area contributed by atoms with Gasteiger partial charge in [0.05, 0.1) is 8.95 Å². The van der Waals surface area contributed by atoms with Crippen LogP contribution in [0.15, 0.2) is 124 Å². The largest absolute Gasteiger partial charge is 0.488 e. The molecule has 0 aliphatic heterocycles. The molecular weight excluding hydrogens is 651 g/mol. The number of hydrogen-bond donors (Lipinski definition) is 2. The summed E-state index contributed by atoms with van der Waals surface area (Å²) in [5.74, 6) is -2.29. The van der Waals surface area contributed by atoms with E-state index in [-0.39, 0.29) is 16.4 Å². The van der Waals surface area contributed by atoms with Crippen LogP contribution < -0.4 is 5.46 Å². The Morgan fingerprint density at radius 3 is 1.15 bits per heavy atom. The zero-order chi connectivity index (χ0) is 28.4. The molecule has 5 aromatic carbocycles. The fraction of sp³-hybridized carbons (Fsp3) is 0.0323. The van der Waals surface area contributed by atoms with Crippen molar-refractivity contribution < 1.29 is 27.6 Å². The van der Waals surface area contributed by atoms with E-state index in [0.717, 1.165) is 23.3 Å². The van der Waals surface area contributed by atoms with Gasteiger partial charge in [0.15, 0.2) is 0 Å². The summed E-state index contributed by atoms with van der Waals surface area (Å²) in [7, 11) is -1.34. The third-order valence-corrected chi connectivity index (χ3v) is 6.50. The molecule has 0 heterocycles. The highest BCUT2D eigenvalue weighted by Crippen LogP contribution is 2.31. The molecule has 2 nitrogen and oxygen atoms in total. The van der Waals surface area contributed by atoms with Crippen molar-refractivity contribution in [2.75, 3.05) is 0 Å². The lowest BCUT2D eigenvalue weighted by atomic mass is 9.81. The predicted octanol–water partition coefficient (Wildman–Crippen LogP) is 8.79. The average Bonchev–Trinajstić information content (AvgIpc) is 2.94. The van der Waals surface area contributed by atoms with E-state index in [0.29, 0.717) is 16.6 Å². The molecule has 0 bridgehead atoms. The van der Waals surface area contributed by atoms with Gasteiger partial charge in [-0.2, -0.15) is 0 Å². The Balaban J connectivity index is 0.000000236. The fourth-order valence-corrected chi connectivity index (χ4v) is 4.34. The average molecular weight is 676 g/mol. The summed E-state index contributed by atoms with van der Waals surface area (Å²) < 4.78 is 53.4. The maximum Gasteiger partial charge on any atom is 0.488 e. The molecule has 0 spiro atoms. The molecule has 0 saturated heterocycles. The van der Waals surface area contributed by atoms with Crippen molar-refractivity contribution in [2.24, 2.45) is 0 Å². The Bertz CT molecular complexity index is 1380. The monoisotopic (exact) mass is 674 g/mol. The van der Waals surface area contributed by atoms with Crippen LogP contribution in [0, 0.1) is 23.3 Å². The van der Waals surface area contributed by atoms with Gasteiger partial charge in [0.1, 0.15) is 23.3 Å². The lowest BCUT2D eigenvalue weighted by Gasteiger charge is -2.09. The third-order valence-electron chi connectivity index (χ3n) is 5.29. The van der Waals surface area contributed by atoms with Crippen molar-refractivity contribution in [3.05, 3.63) is 147 Å². The van der Waals surface area contributed by atoms with E-state index < -0.39 is 30.4 Å². The first-order valence-corrected chi connectivity index (χ1v) is 13.1. The van der Waals surface area contributed by atoms with Crippen molar-refractivity contribution in [1.29, 1.82) is 0 Å². The molecule has 0 aliphatic carbocycles. The second kappa shape index (κ2) is 16.1. The Labute approximate surface area is 248 Å². The molecule has 40 heavy (non-hydrogen) atoms. The SMILES string of the molecule is C.Fc1cc(F)c(-c2ccccc2)cc1-c1ccccc1.Fc1cc(F)c(Br)cc1Br.OB(O)c1ccccc1. The Morgan fingerprint density at radius 2 is 0.825 bits per heavy atom. The van der Waals surface area contributed by atoms with Gasteiger partial charge in [-0.3, -0.25) is 0 Å². The molecule has 0 radical (unpaired) electrons. The second-order valence-corrected chi connectivity index (χ2v) is 9.72. The van der Waals surface area contributed by atoms with Crippen LogP contribution >= 0.6 is 31.9 Å². The Morgan fingerprint density at radius 1 is 0.475 bits per heavy atom. The van der Waals surface area contributed by atoms with Gasteiger partial charge in [-0.05, 0) is 60.6 Å². The van der Waals surface area contributed by atoms with E-state index in [1.165, 1.54) is 6.07 Å². The Hall–Kier alpha value is -3.24. The van der Waals surface area contributed by atoms with E-state index >= 15 is 0 Å². The highest BCUT2D eigenvalue weighted by atomic mass is 79.9. The van der Waals surface area contributed by atoms with Crippen molar-refractivity contribution in [1.82, 2.24) is 0 Å². The smallest absolute Gasteiger partial charge is 0.423 e. The molecule has 0 aliphatic rings. The zero-order valence-electron chi connectivity index (χ0n) is 20.2. The lowest BCUT2D eigenvalue weighted by molar-refractivity contribution is 0.426. The molecule has 0 unspecified atom stereocenters. The molecule has 0 aromatic heterocycles. The standard InChI is InChI=1S/C18H12F2.C6H7BO2.C6H2Br2F2.CH4/c19-17-12-18(20)16(14-9-5-2-6-10-14)11-15(17)13-7-3-1-4-8-13;8-7(9)6-4-2-1-3-5-6;7-3-1-4(8)6(10)2-5(3)9;/h1-12H;1-5,8-9H;1-2H;1H4. The molecule has 5 aromatic rings. The molecule has 0 fully saturated rings. The molecule has 0 saturated carbocycles. The highest BCUT2D eigenvalue weighted by molar-refractivity contribution is 9.11. The third kappa shape index (κ3) is 9.45. The van der Waals surface area contributed by atoms with Crippen LogP contribution in [0.5, 0.6) is 0 Å². The molecular formula is C31H25BBr2F4O2. The minimum Gasteiger partial charge on any atom is -0.423 e. The van der Waals surface area contributed by atoms with Gasteiger partial charge in [-0.1, -0.05) is 98.4 Å². The molecule has 206 valence electrons. The van der Waals surface area contributed by atoms with E-state index in [1.807, 2.05) is 66.7 Å². The summed E-state index contributed by atoms with van der Waals surface area (Å²) in [5, 5.41) is 17.2. The summed E-state index contributed by atoms with van der Waals surface area (Å²) in [6.07, 6.45) is 0. The van der Waals surface area contributed by atoms with Crippen LogP contribution in [-0.4, -0.2) is 17.2 Å². The van der Waals surface area contributed by atoms with E-state index in [2.05, 4.69) is 31.9 Å². The maximum atomic E-state index is 14.0. The lowest BCUT2D eigenvalue weighted by Crippen LogP contribution is -2.29. The highest BCUT2D eigenvalue weighted by Gasteiger charge is 2.12. The molecule has 0 atom stereocenters. The summed E-state index contributed by atoms with van der Waals surface area (Å²) in [6, 6.07) is 31.6. The Kier molecular flexibility index (Phi) is 13.3. The first kappa shape index (κ1) is 33.0. The number of halogens is 6. The van der Waals surface area contributed by atoms with Crippen LogP contribution in [0.1, 0.15) is 7.43 Å². The summed E-state index contributed by atoms with van der Waals surface area (Å²) in [4.78, 5) is 0. The van der Waals surface area contributed by atoms with Gasteiger partial charge < -0.3 is 10.0 Å². The van der Waals surface area contributed by atoms with Gasteiger partial charge in [-0.25, -0.2) is 17.6 Å². The molecule has 2 N–H and O–H groups in total. The van der Waals surface area contributed by atoms with Gasteiger partial charge >= 0.3 is 7.12 Å². The minimum atomic E-state index is -1.34. The van der Waals surface area contributed by atoms with Crippen molar-refractivity contribution >= 4 is 44.4 Å². The summed E-state index contributed by atoms with van der Waals surface area (Å²) >= 11 is 5.82. The normalized spacial score (nSPS) is 9.80. The zero-order valence-corrected chi connectivity index (χ0v) is 23.4. The molecule has 9 heteroatoms. The van der Waals surface area contributed by atoms with Gasteiger partial charge in [0.25, 0.3) is 0 Å². The van der Waals surface area contributed by atoms with Gasteiger partial charge in [-0.15, -0.1) is 0 Å². The van der Waals surface area contributed by atoms with Crippen LogP contribution in [0.2, 0.25) is 0 Å². The minimum absolute atomic E-state index is 0. The van der Waals surface area contributed by atoms with E-state index in [1.54, 1.807) is 30.3 Å². The predicted molar refractivity (Wildman–Crippen MR) is 162 cm³/mol. The first-order chi connectivity index (χ1) is 18.7. The van der Waals surface area contributed by atoms with Crippen molar-refractivity contribution in [3.63, 3.8) is 0 Å². The first-order valence-electron chi connectivity index (χ1n) is 11.5. The summed E-state index contributed by atoms with van der Waals surface area (Å²) in [6.45, 7) is 0. The maximum absolute atomic E-state index is 14.0. The second-order valence-electron chi connectivity index (χ2n) is 8.01. The van der Waals surface area contributed by atoms with Crippen LogP contribution in [-0.2, 0) is 0 Å². The van der Waals surface area contributed by atoms with Crippen LogP contribution in [0.4, 0.5) is 17.6 Å². The fourth-order valence-electron chi connectivity index (χ4n) is 3.35.